The van der Waals surface area contributed by atoms with E-state index >= 15 is 0 Å². The summed E-state index contributed by atoms with van der Waals surface area (Å²) in [5, 5.41) is 4.45. The average Bonchev–Trinajstić information content (AvgIpc) is 1.53. The first-order chi connectivity index (χ1) is 68.5. The Bertz CT molecular complexity index is 8550. The van der Waals surface area contributed by atoms with E-state index < -0.39 is 10.8 Å². The maximum Gasteiger partial charge on any atom is 0.136 e. The van der Waals surface area contributed by atoms with E-state index in [1.165, 1.54) is 111 Å². The smallest absolute Gasteiger partial charge is 0.136 e. The largest absolute Gasteiger partial charge is 0.456 e. The summed E-state index contributed by atoms with van der Waals surface area (Å²) < 4.78 is 12.9. The van der Waals surface area contributed by atoms with Gasteiger partial charge in [-0.25, -0.2) is 0 Å². The summed E-state index contributed by atoms with van der Waals surface area (Å²) in [4.78, 5) is 4.83. The van der Waals surface area contributed by atoms with Crippen LogP contribution in [0.15, 0.2) is 555 Å². The monoisotopic (exact) mass is 1760 g/mol. The van der Waals surface area contributed by atoms with Crippen LogP contribution in [0.3, 0.4) is 0 Å². The van der Waals surface area contributed by atoms with Crippen molar-refractivity contribution in [2.24, 2.45) is 0 Å². The number of anilines is 6. The van der Waals surface area contributed by atoms with Gasteiger partial charge >= 0.3 is 0 Å². The van der Waals surface area contributed by atoms with Gasteiger partial charge < -0.3 is 18.6 Å². The highest BCUT2D eigenvalue weighted by atomic mass is 16.3. The van der Waals surface area contributed by atoms with Gasteiger partial charge in [0.05, 0.1) is 22.2 Å². The lowest BCUT2D eigenvalue weighted by atomic mass is 9.67. The number of para-hydroxylation sites is 4. The molecule has 2 heterocycles. The highest BCUT2D eigenvalue weighted by Gasteiger charge is 2.49. The normalized spacial score (nSPS) is 12.5. The van der Waals surface area contributed by atoms with E-state index in [4.69, 9.17) is 8.83 Å². The Kier molecular flexibility index (Phi) is 20.7. The van der Waals surface area contributed by atoms with Crippen molar-refractivity contribution in [2.75, 3.05) is 9.80 Å². The van der Waals surface area contributed by atoms with Crippen molar-refractivity contribution in [1.82, 2.24) is 0 Å². The molecule has 0 fully saturated rings. The van der Waals surface area contributed by atoms with Crippen LogP contribution < -0.4 is 9.80 Å². The molecule has 2 aliphatic rings. The number of furan rings is 2. The molecule has 0 amide bonds. The van der Waals surface area contributed by atoms with Gasteiger partial charge in [0.25, 0.3) is 0 Å². The first-order valence-electron chi connectivity index (χ1n) is 47.5. The molecular formula is C134H90N2O2. The number of hydrogen-bond donors (Lipinski definition) is 0. The summed E-state index contributed by atoms with van der Waals surface area (Å²) in [6.07, 6.45) is 0. The summed E-state index contributed by atoms with van der Waals surface area (Å²) in [5.41, 5.74) is 43.1. The number of hydrogen-bond acceptors (Lipinski definition) is 4. The van der Waals surface area contributed by atoms with Crippen molar-refractivity contribution in [2.45, 2.75) is 10.8 Å². The molecule has 24 aromatic rings. The van der Waals surface area contributed by atoms with Crippen LogP contribution in [0.2, 0.25) is 0 Å². The predicted molar refractivity (Wildman–Crippen MR) is 575 cm³/mol. The van der Waals surface area contributed by atoms with Crippen molar-refractivity contribution in [3.63, 3.8) is 0 Å². The quantitative estimate of drug-likeness (QED) is 0.0857. The summed E-state index contributed by atoms with van der Waals surface area (Å²) in [5.74, 6) is 0. The highest BCUT2D eigenvalue weighted by molar-refractivity contribution is 6.16. The number of rotatable bonds is 18. The second kappa shape index (κ2) is 34.9. The van der Waals surface area contributed by atoms with Gasteiger partial charge in [0, 0.05) is 55.4 Å². The standard InChI is InChI=1S/2C67H45NO/c1-4-19-46(20-5-1)47-37-39-48(40-38-47)50-21-16-26-54(45-50)68(62-34-14-11-27-56(62)57-31-18-36-64-66(57)59-29-12-15-35-63(59)69-64)53-43-41-49(42-44-53)55-30-17-33-61-65(55)58-28-10-13-32-60(58)67(61,51-22-6-2-7-23-51)52-24-8-3-9-25-52;1-4-18-46(19-5-1)47-34-36-48(37-35-47)49-38-42-53(43-39-49)68(62-31-14-11-24-56(62)57-28-17-33-64-66(57)59-26-12-15-32-63(59)69-64)54-44-40-50(41-45-54)55-27-16-30-61-65(55)58-25-10-13-29-60(58)67(61,51-20-6-2-7-21-51)52-22-8-3-9-23-52/h2*1-45H. The lowest BCUT2D eigenvalue weighted by Gasteiger charge is -2.34. The number of nitrogens with zero attached hydrogens (tertiary/aromatic N) is 2. The molecule has 4 nitrogen and oxygen atoms in total. The maximum absolute atomic E-state index is 6.44. The molecule has 0 saturated carbocycles. The summed E-state index contributed by atoms with van der Waals surface area (Å²) in [7, 11) is 0. The first kappa shape index (κ1) is 82.0. The molecule has 0 N–H and O–H groups in total. The molecule has 0 atom stereocenters. The van der Waals surface area contributed by atoms with Crippen molar-refractivity contribution in [3.8, 4) is 111 Å². The second-order valence-electron chi connectivity index (χ2n) is 35.8. The van der Waals surface area contributed by atoms with Crippen LogP contribution in [0.25, 0.3) is 155 Å². The van der Waals surface area contributed by atoms with E-state index in [-0.39, 0.29) is 0 Å². The first-order valence-corrected chi connectivity index (χ1v) is 47.5. The van der Waals surface area contributed by atoms with E-state index in [0.29, 0.717) is 0 Å². The molecular weight excluding hydrogens is 1670 g/mol. The van der Waals surface area contributed by atoms with Gasteiger partial charge in [-0.05, 0) is 230 Å². The third-order valence-corrected chi connectivity index (χ3v) is 28.4. The Labute approximate surface area is 803 Å². The molecule has 0 unspecified atom stereocenters. The topological polar surface area (TPSA) is 32.8 Å². The third-order valence-electron chi connectivity index (χ3n) is 28.4. The molecule has 4 heteroatoms. The molecule has 0 saturated heterocycles. The maximum atomic E-state index is 6.44. The zero-order valence-corrected chi connectivity index (χ0v) is 75.7. The second-order valence-corrected chi connectivity index (χ2v) is 35.8. The molecule has 2 aromatic heterocycles. The summed E-state index contributed by atoms with van der Waals surface area (Å²) in [6.45, 7) is 0. The minimum Gasteiger partial charge on any atom is -0.456 e. The molecule has 648 valence electrons. The van der Waals surface area contributed by atoms with Gasteiger partial charge in [-0.1, -0.05) is 461 Å². The van der Waals surface area contributed by atoms with Gasteiger partial charge in [-0.15, -0.1) is 0 Å². The van der Waals surface area contributed by atoms with E-state index in [9.17, 15) is 0 Å². The van der Waals surface area contributed by atoms with Crippen LogP contribution in [0.4, 0.5) is 34.1 Å². The summed E-state index contributed by atoms with van der Waals surface area (Å²) >= 11 is 0. The van der Waals surface area contributed by atoms with Gasteiger partial charge in [-0.2, -0.15) is 0 Å². The Balaban J connectivity index is 0.000000146. The van der Waals surface area contributed by atoms with Crippen molar-refractivity contribution >= 4 is 78.0 Å². The fraction of sp³-hybridized carbons (Fsp3) is 0.0149. The van der Waals surface area contributed by atoms with Gasteiger partial charge in [-0.3, -0.25) is 0 Å². The van der Waals surface area contributed by atoms with Crippen LogP contribution in [0, 0.1) is 0 Å². The molecule has 2 aliphatic carbocycles. The van der Waals surface area contributed by atoms with Crippen LogP contribution in [0.1, 0.15) is 44.5 Å². The van der Waals surface area contributed by atoms with Crippen LogP contribution in [-0.2, 0) is 10.8 Å². The lowest BCUT2D eigenvalue weighted by Crippen LogP contribution is -2.28. The molecule has 0 radical (unpaired) electrons. The molecule has 0 aliphatic heterocycles. The Hall–Kier alpha value is -18.0. The Morgan fingerprint density at radius 2 is 0.406 bits per heavy atom. The van der Waals surface area contributed by atoms with Crippen molar-refractivity contribution < 1.29 is 8.83 Å². The van der Waals surface area contributed by atoms with Gasteiger partial charge in [0.1, 0.15) is 22.3 Å². The fourth-order valence-corrected chi connectivity index (χ4v) is 22.3. The zero-order valence-electron chi connectivity index (χ0n) is 75.7. The van der Waals surface area contributed by atoms with Gasteiger partial charge in [0.15, 0.2) is 0 Å². The average molecular weight is 1760 g/mol. The van der Waals surface area contributed by atoms with E-state index in [1.807, 2.05) is 12.1 Å². The van der Waals surface area contributed by atoms with Crippen molar-refractivity contribution in [3.05, 3.63) is 590 Å². The number of fused-ring (bicyclic) bond motifs is 12. The highest BCUT2D eigenvalue weighted by Crippen LogP contribution is 2.61. The van der Waals surface area contributed by atoms with E-state index in [1.54, 1.807) is 0 Å². The molecule has 26 rings (SSSR count). The predicted octanol–water partition coefficient (Wildman–Crippen LogP) is 36.2. The molecule has 22 aromatic carbocycles. The van der Waals surface area contributed by atoms with Crippen LogP contribution >= 0.6 is 0 Å². The minimum absolute atomic E-state index is 0.468. The van der Waals surface area contributed by atoms with Crippen LogP contribution in [0.5, 0.6) is 0 Å². The molecule has 0 spiro atoms. The van der Waals surface area contributed by atoms with Gasteiger partial charge in [0.2, 0.25) is 0 Å². The van der Waals surface area contributed by atoms with E-state index in [0.717, 1.165) is 123 Å². The minimum atomic E-state index is -0.471. The third kappa shape index (κ3) is 14.0. The van der Waals surface area contributed by atoms with Crippen LogP contribution in [-0.4, -0.2) is 0 Å². The molecule has 138 heavy (non-hydrogen) atoms. The fourth-order valence-electron chi connectivity index (χ4n) is 22.3. The lowest BCUT2D eigenvalue weighted by molar-refractivity contribution is 0.668. The van der Waals surface area contributed by atoms with E-state index in [2.05, 4.69) is 544 Å². The summed E-state index contributed by atoms with van der Waals surface area (Å²) in [6, 6.07) is 198. The Morgan fingerprint density at radius 1 is 0.152 bits per heavy atom. The SMILES string of the molecule is c1ccc(-c2ccc(-c3ccc(N(c4ccc(-c5cccc6c5-c5ccccc5C6(c5ccccc5)c5ccccc5)cc4)c4ccccc4-c4cccc5oc6ccccc6c45)cc3)cc2)cc1.c1ccc(-c2ccc(-c3cccc(N(c4ccc(-c5cccc6c5-c5ccccc5C6(c5ccccc5)c5ccccc5)cc4)c4ccccc4-c4cccc5oc6ccccc6c45)c3)cc2)cc1. The zero-order chi connectivity index (χ0) is 91.5. The Morgan fingerprint density at radius 3 is 0.797 bits per heavy atom. The van der Waals surface area contributed by atoms with Crippen molar-refractivity contribution in [1.29, 1.82) is 0 Å². The number of benzene rings is 22. The molecule has 0 bridgehead atoms.